The second kappa shape index (κ2) is 9.63. The first kappa shape index (κ1) is 23.4. The Morgan fingerprint density at radius 1 is 1.00 bits per heavy atom. The molecule has 2 N–H and O–H groups in total. The second-order valence-corrected chi connectivity index (χ2v) is 9.30. The number of carbonyl (C=O) groups excluding carboxylic acids is 1. The van der Waals surface area contributed by atoms with Crippen LogP contribution in [-0.2, 0) is 16.1 Å². The van der Waals surface area contributed by atoms with E-state index in [4.69, 9.17) is 10.1 Å². The molecule has 0 radical (unpaired) electrons. The molecule has 34 heavy (non-hydrogen) atoms. The predicted molar refractivity (Wildman–Crippen MR) is 128 cm³/mol. The van der Waals surface area contributed by atoms with Gasteiger partial charge in [-0.05, 0) is 60.6 Å². The molecule has 1 heterocycles. The van der Waals surface area contributed by atoms with E-state index < -0.39 is 18.0 Å². The highest BCUT2D eigenvalue weighted by molar-refractivity contribution is 5.89. The van der Waals surface area contributed by atoms with E-state index in [-0.39, 0.29) is 23.9 Å². The summed E-state index contributed by atoms with van der Waals surface area (Å²) in [5.74, 6) is -1.90. The van der Waals surface area contributed by atoms with Crippen LogP contribution < -0.4 is 0 Å². The first-order chi connectivity index (χ1) is 16.2. The van der Waals surface area contributed by atoms with Gasteiger partial charge in [-0.25, -0.2) is 14.6 Å². The summed E-state index contributed by atoms with van der Waals surface area (Å²) in [6.45, 7) is 3.88. The van der Waals surface area contributed by atoms with Crippen LogP contribution in [0.15, 0.2) is 54.6 Å². The molecular formula is C27H28N2O5. The minimum Gasteiger partial charge on any atom is -0.480 e. The number of amides is 1. The summed E-state index contributed by atoms with van der Waals surface area (Å²) in [5, 5.41) is 19.8. The van der Waals surface area contributed by atoms with Crippen molar-refractivity contribution in [1.29, 1.82) is 0 Å². The van der Waals surface area contributed by atoms with Gasteiger partial charge in [-0.3, -0.25) is 4.79 Å². The summed E-state index contributed by atoms with van der Waals surface area (Å²) in [6.07, 6.45) is 2.46. The number of rotatable bonds is 9. The topological polar surface area (TPSA) is 108 Å². The quantitative estimate of drug-likeness (QED) is 0.473. The zero-order valence-electron chi connectivity index (χ0n) is 19.3. The van der Waals surface area contributed by atoms with Crippen molar-refractivity contribution in [1.82, 2.24) is 9.88 Å². The molecule has 1 aromatic heterocycles. The van der Waals surface area contributed by atoms with E-state index in [1.54, 1.807) is 24.3 Å². The summed E-state index contributed by atoms with van der Waals surface area (Å²) >= 11 is 0. The lowest BCUT2D eigenvalue weighted by Crippen LogP contribution is -2.47. The van der Waals surface area contributed by atoms with E-state index in [1.165, 1.54) is 4.90 Å². The van der Waals surface area contributed by atoms with E-state index in [1.807, 2.05) is 44.2 Å². The average molecular weight is 461 g/mol. The number of aromatic carboxylic acids is 1. The average Bonchev–Trinajstić information content (AvgIpc) is 3.61. The molecule has 1 aliphatic carbocycles. The number of fused-ring (bicyclic) bond motifs is 1. The Kier molecular flexibility index (Phi) is 6.63. The maximum absolute atomic E-state index is 13.0. The zero-order chi connectivity index (χ0) is 24.4. The van der Waals surface area contributed by atoms with Crippen LogP contribution in [0, 0.1) is 11.8 Å². The van der Waals surface area contributed by atoms with Gasteiger partial charge in [0.2, 0.25) is 5.91 Å². The summed E-state index contributed by atoms with van der Waals surface area (Å²) in [7, 11) is 0. The third kappa shape index (κ3) is 5.25. The van der Waals surface area contributed by atoms with Crippen LogP contribution in [0.4, 0.5) is 0 Å². The Hall–Kier alpha value is -3.74. The SMILES string of the molecule is CC(C)C(C(=O)O)N(Cc1ccc2nc(-c3ccc(C(=O)O)cc3)ccc2c1)C(=O)CC1CC1. The van der Waals surface area contributed by atoms with Gasteiger partial charge in [-0.2, -0.15) is 0 Å². The monoisotopic (exact) mass is 460 g/mol. The Bertz CT molecular complexity index is 1230. The lowest BCUT2D eigenvalue weighted by molar-refractivity contribution is -0.153. The number of hydrogen-bond acceptors (Lipinski definition) is 4. The van der Waals surface area contributed by atoms with Crippen molar-refractivity contribution in [2.75, 3.05) is 0 Å². The van der Waals surface area contributed by atoms with Gasteiger partial charge in [-0.1, -0.05) is 38.1 Å². The molecule has 0 spiro atoms. The van der Waals surface area contributed by atoms with E-state index in [9.17, 15) is 19.5 Å². The molecule has 7 heteroatoms. The van der Waals surface area contributed by atoms with Gasteiger partial charge < -0.3 is 15.1 Å². The highest BCUT2D eigenvalue weighted by atomic mass is 16.4. The molecule has 0 saturated heterocycles. The molecule has 1 saturated carbocycles. The Balaban J connectivity index is 1.60. The van der Waals surface area contributed by atoms with Crippen LogP contribution in [0.1, 0.15) is 49.0 Å². The van der Waals surface area contributed by atoms with E-state index >= 15 is 0 Å². The third-order valence-corrected chi connectivity index (χ3v) is 6.23. The van der Waals surface area contributed by atoms with Crippen molar-refractivity contribution in [2.45, 2.75) is 45.7 Å². The molecule has 1 amide bonds. The number of carboxylic acid groups (broad SMARTS) is 2. The van der Waals surface area contributed by atoms with Crippen LogP contribution in [-0.4, -0.2) is 44.0 Å². The highest BCUT2D eigenvalue weighted by Gasteiger charge is 2.35. The molecule has 3 aromatic rings. The van der Waals surface area contributed by atoms with Crippen molar-refractivity contribution in [3.8, 4) is 11.3 Å². The normalized spacial score (nSPS) is 14.2. The highest BCUT2D eigenvalue weighted by Crippen LogP contribution is 2.34. The molecular weight excluding hydrogens is 432 g/mol. The second-order valence-electron chi connectivity index (χ2n) is 9.30. The van der Waals surface area contributed by atoms with Crippen molar-refractivity contribution < 1.29 is 24.6 Å². The number of pyridine rings is 1. The van der Waals surface area contributed by atoms with Gasteiger partial charge in [-0.15, -0.1) is 0 Å². The molecule has 1 aliphatic rings. The van der Waals surface area contributed by atoms with Crippen LogP contribution in [0.25, 0.3) is 22.2 Å². The summed E-state index contributed by atoms with van der Waals surface area (Å²) in [4.78, 5) is 42.3. The van der Waals surface area contributed by atoms with Crippen molar-refractivity contribution in [3.05, 3.63) is 65.7 Å². The predicted octanol–water partition coefficient (Wildman–Crippen LogP) is 4.84. The molecule has 4 rings (SSSR count). The molecule has 0 bridgehead atoms. The fourth-order valence-corrected chi connectivity index (χ4v) is 4.22. The van der Waals surface area contributed by atoms with E-state index in [2.05, 4.69) is 0 Å². The fourth-order valence-electron chi connectivity index (χ4n) is 4.22. The number of carboxylic acids is 2. The summed E-state index contributed by atoms with van der Waals surface area (Å²) < 4.78 is 0. The molecule has 0 aliphatic heterocycles. The third-order valence-electron chi connectivity index (χ3n) is 6.23. The van der Waals surface area contributed by atoms with Gasteiger partial charge in [0.05, 0.1) is 16.8 Å². The molecule has 1 atom stereocenters. The Labute approximate surface area is 198 Å². The molecule has 1 unspecified atom stereocenters. The number of aromatic nitrogens is 1. The Morgan fingerprint density at radius 2 is 1.71 bits per heavy atom. The lowest BCUT2D eigenvalue weighted by Gasteiger charge is -2.32. The van der Waals surface area contributed by atoms with E-state index in [0.717, 1.165) is 40.6 Å². The number of aliphatic carboxylic acids is 1. The molecule has 176 valence electrons. The van der Waals surface area contributed by atoms with Crippen molar-refractivity contribution in [3.63, 3.8) is 0 Å². The number of benzene rings is 2. The van der Waals surface area contributed by atoms with Gasteiger partial charge >= 0.3 is 11.9 Å². The van der Waals surface area contributed by atoms with Crippen LogP contribution in [0.2, 0.25) is 0 Å². The Morgan fingerprint density at radius 3 is 2.29 bits per heavy atom. The van der Waals surface area contributed by atoms with Gasteiger partial charge in [0.1, 0.15) is 6.04 Å². The minimum atomic E-state index is -0.986. The van der Waals surface area contributed by atoms with Crippen LogP contribution in [0.5, 0.6) is 0 Å². The van der Waals surface area contributed by atoms with Gasteiger partial charge in [0, 0.05) is 23.9 Å². The largest absolute Gasteiger partial charge is 0.480 e. The van der Waals surface area contributed by atoms with Gasteiger partial charge in [0.15, 0.2) is 0 Å². The molecule has 7 nitrogen and oxygen atoms in total. The number of nitrogens with zero attached hydrogens (tertiary/aromatic N) is 2. The summed E-state index contributed by atoms with van der Waals surface area (Å²) in [6, 6.07) is 15.2. The van der Waals surface area contributed by atoms with Crippen molar-refractivity contribution >= 4 is 28.7 Å². The number of hydrogen-bond donors (Lipinski definition) is 2. The molecule has 1 fully saturated rings. The van der Waals surface area contributed by atoms with Gasteiger partial charge in [0.25, 0.3) is 0 Å². The van der Waals surface area contributed by atoms with Crippen LogP contribution in [0.3, 0.4) is 0 Å². The first-order valence-corrected chi connectivity index (χ1v) is 11.5. The van der Waals surface area contributed by atoms with Crippen LogP contribution >= 0.6 is 0 Å². The summed E-state index contributed by atoms with van der Waals surface area (Å²) in [5.41, 5.74) is 3.37. The van der Waals surface area contributed by atoms with E-state index in [0.29, 0.717) is 12.3 Å². The lowest BCUT2D eigenvalue weighted by atomic mass is 10.00. The maximum atomic E-state index is 13.0. The minimum absolute atomic E-state index is 0.109. The smallest absolute Gasteiger partial charge is 0.335 e. The fraction of sp³-hybridized carbons (Fsp3) is 0.333. The standard InChI is InChI=1S/C27H28N2O5/c1-16(2)25(27(33)34)29(24(30)14-17-3-4-17)15-18-5-11-23-21(13-18)10-12-22(28-23)19-6-8-20(9-7-19)26(31)32/h5-13,16-17,25H,3-4,14-15H2,1-2H3,(H,31,32)(H,33,34). The molecule has 2 aromatic carbocycles. The first-order valence-electron chi connectivity index (χ1n) is 11.5. The zero-order valence-corrected chi connectivity index (χ0v) is 19.3. The van der Waals surface area contributed by atoms with Crippen molar-refractivity contribution in [2.24, 2.45) is 11.8 Å². The number of carbonyl (C=O) groups is 3. The maximum Gasteiger partial charge on any atom is 0.335 e.